The van der Waals surface area contributed by atoms with Gasteiger partial charge in [0.15, 0.2) is 0 Å². The average Bonchev–Trinajstić information content (AvgIpc) is 3.09. The minimum Gasteiger partial charge on any atom is -0.401 e. The van der Waals surface area contributed by atoms with Crippen molar-refractivity contribution in [1.82, 2.24) is 25.1 Å². The number of hydrogen-bond donors (Lipinski definition) is 0. The van der Waals surface area contributed by atoms with E-state index in [2.05, 4.69) is 20.2 Å². The fourth-order valence-electron chi connectivity index (χ4n) is 2.60. The normalized spacial score (nSPS) is 13.4. The molecule has 1 aromatic carbocycles. The third kappa shape index (κ3) is 3.01. The number of carbonyl (C=O) groups is 1. The van der Waals surface area contributed by atoms with E-state index in [0.717, 1.165) is 25.1 Å². The van der Waals surface area contributed by atoms with E-state index in [9.17, 15) is 4.79 Å². The zero-order chi connectivity index (χ0) is 18.1. The summed E-state index contributed by atoms with van der Waals surface area (Å²) in [6.07, 6.45) is 4.40. The Bertz CT molecular complexity index is 931. The van der Waals surface area contributed by atoms with Crippen LogP contribution >= 0.6 is 0 Å². The van der Waals surface area contributed by atoms with Gasteiger partial charge in [-0.25, -0.2) is 4.98 Å². The highest BCUT2D eigenvalue weighted by molar-refractivity contribution is 5.94. The molecule has 1 amide bonds. The van der Waals surface area contributed by atoms with Gasteiger partial charge in [0.1, 0.15) is 5.69 Å². The number of aromatic nitrogens is 4. The predicted octanol–water partition coefficient (Wildman–Crippen LogP) is 2.11. The Morgan fingerprint density at radius 2 is 1.81 bits per heavy atom. The van der Waals surface area contributed by atoms with Gasteiger partial charge in [-0.1, -0.05) is 17.2 Å². The van der Waals surface area contributed by atoms with Crippen LogP contribution in [0.3, 0.4) is 0 Å². The molecule has 0 atom stereocenters. The summed E-state index contributed by atoms with van der Waals surface area (Å²) in [7, 11) is 3.45. The average molecular weight is 350 g/mol. The van der Waals surface area contributed by atoms with E-state index < -0.39 is 0 Å². The highest BCUT2D eigenvalue weighted by Crippen LogP contribution is 2.25. The van der Waals surface area contributed by atoms with Crippen molar-refractivity contribution < 1.29 is 9.21 Å². The number of carbonyl (C=O) groups excluding carboxylic acids is 1. The molecular weight excluding hydrogens is 332 g/mol. The Hall–Kier alpha value is -3.29. The van der Waals surface area contributed by atoms with Crippen molar-refractivity contribution in [3.05, 3.63) is 42.2 Å². The first-order valence-electron chi connectivity index (χ1n) is 8.35. The molecule has 0 N–H and O–H groups in total. The van der Waals surface area contributed by atoms with Gasteiger partial charge in [0, 0.05) is 38.3 Å². The summed E-state index contributed by atoms with van der Waals surface area (Å²) >= 11 is 0. The lowest BCUT2D eigenvalue weighted by molar-refractivity contribution is 0.0827. The quantitative estimate of drug-likeness (QED) is 0.712. The maximum absolute atomic E-state index is 12.0. The summed E-state index contributed by atoms with van der Waals surface area (Å²) in [6, 6.07) is 7.78. The molecule has 1 aliphatic rings. The SMILES string of the molecule is CN(C)C(=O)c1ccc(-c2cncc(-c3nnc(N4CCC4)o3)n2)cc1. The van der Waals surface area contributed by atoms with E-state index in [1.54, 1.807) is 43.5 Å². The first-order valence-corrected chi connectivity index (χ1v) is 8.35. The second-order valence-electron chi connectivity index (χ2n) is 6.30. The molecule has 3 aromatic rings. The first-order chi connectivity index (χ1) is 12.6. The van der Waals surface area contributed by atoms with Gasteiger partial charge in [-0.15, -0.1) is 5.10 Å². The monoisotopic (exact) mass is 350 g/mol. The van der Waals surface area contributed by atoms with Crippen molar-refractivity contribution in [2.24, 2.45) is 0 Å². The zero-order valence-corrected chi connectivity index (χ0v) is 14.6. The van der Waals surface area contributed by atoms with Crippen LogP contribution in [-0.2, 0) is 0 Å². The minimum absolute atomic E-state index is 0.0410. The fraction of sp³-hybridized carbons (Fsp3) is 0.278. The van der Waals surface area contributed by atoms with Gasteiger partial charge in [-0.05, 0) is 18.6 Å². The van der Waals surface area contributed by atoms with Crippen LogP contribution in [0.1, 0.15) is 16.8 Å². The Kier molecular flexibility index (Phi) is 4.08. The molecule has 1 fully saturated rings. The molecule has 0 spiro atoms. The van der Waals surface area contributed by atoms with Crippen LogP contribution in [-0.4, -0.2) is 58.2 Å². The number of hydrogen-bond acceptors (Lipinski definition) is 7. The topological polar surface area (TPSA) is 88.3 Å². The van der Waals surface area contributed by atoms with Crippen molar-refractivity contribution in [3.8, 4) is 22.8 Å². The number of benzene rings is 1. The van der Waals surface area contributed by atoms with E-state index in [1.165, 1.54) is 0 Å². The van der Waals surface area contributed by atoms with Crippen molar-refractivity contribution in [2.45, 2.75) is 6.42 Å². The lowest BCUT2D eigenvalue weighted by Gasteiger charge is -2.28. The van der Waals surface area contributed by atoms with Gasteiger partial charge in [0.05, 0.1) is 18.1 Å². The first kappa shape index (κ1) is 16.2. The summed E-state index contributed by atoms with van der Waals surface area (Å²) in [5.74, 6) is 0.307. The maximum Gasteiger partial charge on any atom is 0.318 e. The third-order valence-electron chi connectivity index (χ3n) is 4.23. The zero-order valence-electron chi connectivity index (χ0n) is 14.6. The lowest BCUT2D eigenvalue weighted by atomic mass is 10.1. The molecule has 0 aliphatic carbocycles. The molecular formula is C18H18N6O2. The van der Waals surface area contributed by atoms with E-state index in [-0.39, 0.29) is 5.91 Å². The third-order valence-corrected chi connectivity index (χ3v) is 4.23. The molecule has 3 heterocycles. The van der Waals surface area contributed by atoms with Crippen LogP contribution in [0, 0.1) is 0 Å². The molecule has 0 saturated carbocycles. The number of rotatable bonds is 4. The molecule has 132 valence electrons. The van der Waals surface area contributed by atoms with Gasteiger partial charge in [0.25, 0.3) is 11.8 Å². The molecule has 2 aromatic heterocycles. The number of anilines is 1. The predicted molar refractivity (Wildman–Crippen MR) is 95.6 cm³/mol. The molecule has 0 bridgehead atoms. The molecule has 0 radical (unpaired) electrons. The Morgan fingerprint density at radius 1 is 1.08 bits per heavy atom. The Labute approximate surface area is 150 Å². The van der Waals surface area contributed by atoms with Gasteiger partial charge in [0.2, 0.25) is 0 Å². The maximum atomic E-state index is 12.0. The van der Waals surface area contributed by atoms with E-state index in [0.29, 0.717) is 28.9 Å². The standard InChI is InChI=1S/C18H18N6O2/c1-23(2)17(25)13-6-4-12(5-7-13)14-10-19-11-15(20-14)16-21-22-18(26-16)24-8-3-9-24/h4-7,10-11H,3,8-9H2,1-2H3. The highest BCUT2D eigenvalue weighted by atomic mass is 16.4. The van der Waals surface area contributed by atoms with Gasteiger partial charge in [-0.3, -0.25) is 9.78 Å². The van der Waals surface area contributed by atoms with Crippen LogP contribution in [0.2, 0.25) is 0 Å². The van der Waals surface area contributed by atoms with Crippen molar-refractivity contribution in [3.63, 3.8) is 0 Å². The van der Waals surface area contributed by atoms with Crippen molar-refractivity contribution in [1.29, 1.82) is 0 Å². The largest absolute Gasteiger partial charge is 0.401 e. The van der Waals surface area contributed by atoms with Gasteiger partial charge >= 0.3 is 6.01 Å². The van der Waals surface area contributed by atoms with Crippen LogP contribution in [0.4, 0.5) is 6.01 Å². The van der Waals surface area contributed by atoms with Gasteiger partial charge < -0.3 is 14.2 Å². The van der Waals surface area contributed by atoms with Crippen LogP contribution < -0.4 is 4.90 Å². The lowest BCUT2D eigenvalue weighted by Crippen LogP contribution is -2.37. The number of amides is 1. The minimum atomic E-state index is -0.0410. The van der Waals surface area contributed by atoms with Crippen LogP contribution in [0.25, 0.3) is 22.8 Å². The molecule has 26 heavy (non-hydrogen) atoms. The Morgan fingerprint density at radius 3 is 2.46 bits per heavy atom. The van der Waals surface area contributed by atoms with Crippen LogP contribution in [0.5, 0.6) is 0 Å². The molecule has 8 heteroatoms. The molecule has 1 aliphatic heterocycles. The molecule has 8 nitrogen and oxygen atoms in total. The van der Waals surface area contributed by atoms with E-state index in [4.69, 9.17) is 4.42 Å². The highest BCUT2D eigenvalue weighted by Gasteiger charge is 2.21. The fourth-order valence-corrected chi connectivity index (χ4v) is 2.60. The molecule has 0 unspecified atom stereocenters. The number of nitrogens with zero attached hydrogens (tertiary/aromatic N) is 6. The molecule has 4 rings (SSSR count). The van der Waals surface area contributed by atoms with Crippen LogP contribution in [0.15, 0.2) is 41.1 Å². The molecule has 1 saturated heterocycles. The summed E-state index contributed by atoms with van der Waals surface area (Å²) in [5.41, 5.74) is 2.68. The summed E-state index contributed by atoms with van der Waals surface area (Å²) in [6.45, 7) is 1.87. The van der Waals surface area contributed by atoms with E-state index in [1.807, 2.05) is 17.0 Å². The summed E-state index contributed by atoms with van der Waals surface area (Å²) in [4.78, 5) is 24.3. The van der Waals surface area contributed by atoms with Crippen molar-refractivity contribution in [2.75, 3.05) is 32.1 Å². The summed E-state index contributed by atoms with van der Waals surface area (Å²) in [5, 5.41) is 8.13. The smallest absolute Gasteiger partial charge is 0.318 e. The van der Waals surface area contributed by atoms with Crippen molar-refractivity contribution >= 4 is 11.9 Å². The Balaban J connectivity index is 1.59. The second kappa shape index (κ2) is 6.55. The summed E-state index contributed by atoms with van der Waals surface area (Å²) < 4.78 is 5.69. The van der Waals surface area contributed by atoms with Gasteiger partial charge in [-0.2, -0.15) is 0 Å². The second-order valence-corrected chi connectivity index (χ2v) is 6.30. The van der Waals surface area contributed by atoms with E-state index >= 15 is 0 Å².